The molecule has 1 aromatic carbocycles. The summed E-state index contributed by atoms with van der Waals surface area (Å²) in [7, 11) is 2.30. The molecule has 1 N–H and O–H groups in total. The quantitative estimate of drug-likeness (QED) is 0.135. The zero-order valence-electron chi connectivity index (χ0n) is 23.6. The van der Waals surface area contributed by atoms with Gasteiger partial charge in [-0.05, 0) is 13.2 Å². The molecule has 0 spiro atoms. The molecule has 3 aliphatic heterocycles. The Kier molecular flexibility index (Phi) is 8.45. The number of fused-ring (bicyclic) bond motifs is 2. The lowest BCUT2D eigenvalue weighted by Gasteiger charge is -2.47. The predicted molar refractivity (Wildman–Crippen MR) is 150 cm³/mol. The van der Waals surface area contributed by atoms with Crippen LogP contribution in [0.5, 0.6) is 0 Å². The number of carbonyl (C=O) groups is 2. The number of carboxylic acids is 1. The van der Waals surface area contributed by atoms with Crippen LogP contribution in [0.4, 0.5) is 0 Å². The standard InChI is InChI=1S/C29H35N4O5S2.BrH/c1-17-22(25(29(36)37)32-24(17)23(18(2)34)26(32)35)21-14-31-16-30(27(39-4)28(31)40-21)13-19-7-5-6-8-20(19)15-33(3)9-11-38-12-10-33;/h5-8,14,16-18,23-24,34H,9-13,15H2,1-4H3;1H/q+1;/p-1/t17-,18+,23+,24+;/m0./s1. The van der Waals surface area contributed by atoms with Gasteiger partial charge < -0.3 is 46.1 Å². The number of carboxylic acid groups (broad SMARTS) is 1. The Labute approximate surface area is 258 Å². The molecule has 3 aromatic rings. The molecule has 0 radical (unpaired) electrons. The largest absolute Gasteiger partial charge is 1.00 e. The first-order chi connectivity index (χ1) is 19.1. The highest BCUT2D eigenvalue weighted by molar-refractivity contribution is 7.98. The van der Waals surface area contributed by atoms with E-state index in [1.807, 2.05) is 13.1 Å². The fourth-order valence-electron chi connectivity index (χ4n) is 6.66. The average molecular weight is 664 g/mol. The minimum Gasteiger partial charge on any atom is -1.00 e. The molecule has 6 rings (SSSR count). The summed E-state index contributed by atoms with van der Waals surface area (Å²) in [6.07, 6.45) is 5.25. The lowest BCUT2D eigenvalue weighted by molar-refractivity contribution is -0.929. The van der Waals surface area contributed by atoms with Crippen molar-refractivity contribution in [3.05, 3.63) is 58.5 Å². The minimum atomic E-state index is -1.35. The highest BCUT2D eigenvalue weighted by Crippen LogP contribution is 2.51. The molecule has 5 heterocycles. The van der Waals surface area contributed by atoms with E-state index in [0.717, 1.165) is 58.6 Å². The molecule has 3 aliphatic rings. The summed E-state index contributed by atoms with van der Waals surface area (Å²) in [5, 5.41) is 23.5. The van der Waals surface area contributed by atoms with Crippen LogP contribution in [0.15, 0.2) is 47.5 Å². The number of thiazole rings is 1. The van der Waals surface area contributed by atoms with Crippen molar-refractivity contribution < 1.29 is 50.6 Å². The number of aliphatic hydroxyl groups excluding tert-OH is 1. The van der Waals surface area contributed by atoms with Crippen molar-refractivity contribution in [2.24, 2.45) is 11.8 Å². The molecule has 2 aromatic heterocycles. The van der Waals surface area contributed by atoms with E-state index in [9.17, 15) is 19.8 Å². The zero-order valence-corrected chi connectivity index (χ0v) is 26.8. The van der Waals surface area contributed by atoms with Crippen molar-refractivity contribution in [2.45, 2.75) is 44.1 Å². The molecule has 0 unspecified atom stereocenters. The smallest absolute Gasteiger partial charge is 0.250 e. The second-order valence-corrected chi connectivity index (χ2v) is 13.3. The van der Waals surface area contributed by atoms with Gasteiger partial charge >= 0.3 is 0 Å². The van der Waals surface area contributed by atoms with Crippen molar-refractivity contribution in [1.82, 2.24) is 9.30 Å². The van der Waals surface area contributed by atoms with E-state index in [1.165, 1.54) is 27.4 Å². The summed E-state index contributed by atoms with van der Waals surface area (Å²) < 4.78 is 10.9. The Balaban J connectivity index is 0.00000337. The Morgan fingerprint density at radius 1 is 1.29 bits per heavy atom. The number of hydrogen-bond acceptors (Lipinski definition) is 7. The first-order valence-electron chi connectivity index (χ1n) is 13.7. The maximum atomic E-state index is 12.8. The van der Waals surface area contributed by atoms with Crippen LogP contribution in [0.25, 0.3) is 10.4 Å². The number of carbonyl (C=O) groups excluding carboxylic acids is 2. The molecular weight excluding hydrogens is 628 g/mol. The van der Waals surface area contributed by atoms with E-state index < -0.39 is 18.0 Å². The fourth-order valence-corrected chi connectivity index (χ4v) is 8.84. The number of quaternary nitrogens is 1. The number of aliphatic carboxylic acids is 1. The number of imidazole rings is 1. The van der Waals surface area contributed by atoms with Gasteiger partial charge in [-0.3, -0.25) is 4.79 Å². The van der Waals surface area contributed by atoms with Crippen LogP contribution in [-0.2, 0) is 27.4 Å². The number of thioether (sulfide) groups is 1. The summed E-state index contributed by atoms with van der Waals surface area (Å²) >= 11 is 3.19. The third-order valence-corrected chi connectivity index (χ3v) is 10.9. The summed E-state index contributed by atoms with van der Waals surface area (Å²) in [4.78, 5) is 28.1. The van der Waals surface area contributed by atoms with E-state index in [-0.39, 0.29) is 40.5 Å². The van der Waals surface area contributed by atoms with E-state index >= 15 is 0 Å². The summed E-state index contributed by atoms with van der Waals surface area (Å²) in [5.74, 6) is -2.53. The van der Waals surface area contributed by atoms with Gasteiger partial charge in [0.25, 0.3) is 6.33 Å². The molecule has 9 nitrogen and oxygen atoms in total. The first kappa shape index (κ1) is 30.2. The molecule has 0 saturated carbocycles. The van der Waals surface area contributed by atoms with Crippen molar-refractivity contribution >= 4 is 45.4 Å². The number of aromatic nitrogens is 2. The monoisotopic (exact) mass is 662 g/mol. The number of β-lactam (4-membered cyclic amide) rings is 1. The van der Waals surface area contributed by atoms with Gasteiger partial charge in [0.2, 0.25) is 15.8 Å². The fraction of sp³-hybridized carbons (Fsp3) is 0.483. The maximum Gasteiger partial charge on any atom is 0.250 e. The van der Waals surface area contributed by atoms with Crippen LogP contribution < -0.4 is 26.7 Å². The van der Waals surface area contributed by atoms with Crippen LogP contribution in [-0.4, -0.2) is 82.5 Å². The number of ether oxygens (including phenoxy) is 1. The SMILES string of the molecule is CSc1c2sc(C3=C(C(=O)[O-])N4C(=O)[C@H]([C@@H](C)O)[C@H]4[C@H]3C)cn2c[n+]1Cc1ccccc1C[N+]1(C)CCOCC1.[Br-]. The van der Waals surface area contributed by atoms with Gasteiger partial charge in [0, 0.05) is 22.6 Å². The number of nitrogens with zero attached hydrogens (tertiary/aromatic N) is 4. The van der Waals surface area contributed by atoms with Gasteiger partial charge in [0.05, 0.1) is 54.9 Å². The number of rotatable bonds is 8. The lowest BCUT2D eigenvalue weighted by atomic mass is 9.77. The molecule has 12 heteroatoms. The topological polar surface area (TPSA) is 98.2 Å². The molecule has 0 aliphatic carbocycles. The third kappa shape index (κ3) is 5.06. The Bertz CT molecular complexity index is 1530. The second-order valence-electron chi connectivity index (χ2n) is 11.5. The van der Waals surface area contributed by atoms with Crippen molar-refractivity contribution in [1.29, 1.82) is 0 Å². The van der Waals surface area contributed by atoms with Gasteiger partial charge in [0.1, 0.15) is 32.4 Å². The number of aliphatic hydroxyl groups is 1. The van der Waals surface area contributed by atoms with Crippen LogP contribution in [0.1, 0.15) is 29.9 Å². The molecule has 2 saturated heterocycles. The Hall–Kier alpha value is -2.22. The van der Waals surface area contributed by atoms with Crippen LogP contribution in [0.3, 0.4) is 0 Å². The zero-order chi connectivity index (χ0) is 28.3. The summed E-state index contributed by atoms with van der Waals surface area (Å²) in [5.41, 5.74) is 3.18. The minimum absolute atomic E-state index is 0. The molecule has 1 amide bonds. The predicted octanol–water partition coefficient (Wildman–Crippen LogP) is -1.64. The highest BCUT2D eigenvalue weighted by atomic mass is 79.9. The molecule has 41 heavy (non-hydrogen) atoms. The van der Waals surface area contributed by atoms with Crippen molar-refractivity contribution in [3.63, 3.8) is 0 Å². The number of amides is 1. The van der Waals surface area contributed by atoms with Crippen LogP contribution in [0, 0.1) is 11.8 Å². The number of hydrogen-bond donors (Lipinski definition) is 1. The lowest BCUT2D eigenvalue weighted by Crippen LogP contribution is -3.00. The number of morpholine rings is 1. The summed E-state index contributed by atoms with van der Waals surface area (Å²) in [6, 6.07) is 8.26. The van der Waals surface area contributed by atoms with Gasteiger partial charge in [0.15, 0.2) is 0 Å². The number of benzene rings is 1. The molecular formula is C29H35BrN4O5S2. The molecule has 0 bridgehead atoms. The van der Waals surface area contributed by atoms with Crippen molar-refractivity contribution in [2.75, 3.05) is 39.6 Å². The third-order valence-electron chi connectivity index (χ3n) is 8.79. The Morgan fingerprint density at radius 3 is 2.61 bits per heavy atom. The van der Waals surface area contributed by atoms with Crippen LogP contribution in [0.2, 0.25) is 0 Å². The van der Waals surface area contributed by atoms with Gasteiger partial charge in [-0.15, -0.1) is 0 Å². The van der Waals surface area contributed by atoms with Gasteiger partial charge in [-0.2, -0.15) is 4.40 Å². The van der Waals surface area contributed by atoms with E-state index in [4.69, 9.17) is 4.74 Å². The maximum absolute atomic E-state index is 12.8. The molecule has 220 valence electrons. The average Bonchev–Trinajstić information content (AvgIpc) is 3.52. The van der Waals surface area contributed by atoms with E-state index in [2.05, 4.69) is 52.9 Å². The normalized spacial score (nSPS) is 24.3. The van der Waals surface area contributed by atoms with E-state index in [1.54, 1.807) is 18.7 Å². The Morgan fingerprint density at radius 2 is 1.98 bits per heavy atom. The number of likely N-dealkylation sites (N-methyl/N-ethyl adjacent to an activating group) is 1. The first-order valence-corrected chi connectivity index (χ1v) is 15.7. The van der Waals surface area contributed by atoms with Crippen molar-refractivity contribution in [3.8, 4) is 0 Å². The highest BCUT2D eigenvalue weighted by Gasteiger charge is 2.59. The molecule has 4 atom stereocenters. The van der Waals surface area contributed by atoms with Gasteiger partial charge in [-0.1, -0.05) is 54.3 Å². The number of halogens is 1. The molecule has 2 fully saturated rings. The van der Waals surface area contributed by atoms with Crippen LogP contribution >= 0.6 is 23.1 Å². The second kappa shape index (κ2) is 11.5. The van der Waals surface area contributed by atoms with E-state index in [0.29, 0.717) is 5.57 Å². The van der Waals surface area contributed by atoms with Gasteiger partial charge in [-0.25, -0.2) is 4.57 Å². The summed E-state index contributed by atoms with van der Waals surface area (Å²) in [6.45, 7) is 8.82.